The normalized spacial score (nSPS) is 19.4. The van der Waals surface area contributed by atoms with Crippen molar-refractivity contribution in [2.75, 3.05) is 13.7 Å². The first kappa shape index (κ1) is 14.9. The molecule has 6 heteroatoms. The summed E-state index contributed by atoms with van der Waals surface area (Å²) in [6, 6.07) is -0.642. The van der Waals surface area contributed by atoms with E-state index in [4.69, 9.17) is 15.6 Å². The van der Waals surface area contributed by atoms with Crippen LogP contribution < -0.4 is 11.1 Å². The smallest absolute Gasteiger partial charge is 0.305 e. The molecule has 0 aromatic heterocycles. The fraction of sp³-hybridized carbons (Fsp3) is 0.833. The van der Waals surface area contributed by atoms with E-state index in [0.717, 1.165) is 12.8 Å². The van der Waals surface area contributed by atoms with Crippen molar-refractivity contribution in [3.63, 3.8) is 0 Å². The molecule has 0 radical (unpaired) electrons. The van der Waals surface area contributed by atoms with Gasteiger partial charge in [0.1, 0.15) is 0 Å². The zero-order chi connectivity index (χ0) is 13.6. The lowest BCUT2D eigenvalue weighted by atomic mass is 9.92. The van der Waals surface area contributed by atoms with Crippen molar-refractivity contribution in [1.29, 1.82) is 0 Å². The Bertz CT molecular complexity index is 300. The van der Waals surface area contributed by atoms with Gasteiger partial charge < -0.3 is 20.9 Å². The summed E-state index contributed by atoms with van der Waals surface area (Å²) in [5.41, 5.74) is 5.13. The molecule has 1 fully saturated rings. The van der Waals surface area contributed by atoms with Crippen LogP contribution in [-0.4, -0.2) is 42.3 Å². The number of carboxylic acid groups (broad SMARTS) is 1. The first-order valence-corrected chi connectivity index (χ1v) is 6.27. The molecule has 0 aromatic rings. The van der Waals surface area contributed by atoms with Crippen molar-refractivity contribution in [1.82, 2.24) is 5.32 Å². The molecule has 1 atom stereocenters. The molecule has 0 aromatic carbocycles. The number of carbonyl (C=O) groups is 2. The van der Waals surface area contributed by atoms with E-state index in [0.29, 0.717) is 25.9 Å². The molecule has 0 saturated heterocycles. The van der Waals surface area contributed by atoms with E-state index >= 15 is 0 Å². The van der Waals surface area contributed by atoms with Crippen LogP contribution in [0.2, 0.25) is 0 Å². The number of nitrogens with one attached hydrogen (secondary N) is 1. The van der Waals surface area contributed by atoms with E-state index in [1.165, 1.54) is 0 Å². The topological polar surface area (TPSA) is 102 Å². The van der Waals surface area contributed by atoms with E-state index < -0.39 is 17.6 Å². The maximum Gasteiger partial charge on any atom is 0.305 e. The fourth-order valence-corrected chi connectivity index (χ4v) is 2.42. The molecule has 1 aliphatic rings. The summed E-state index contributed by atoms with van der Waals surface area (Å²) < 4.78 is 4.87. The number of aliphatic carboxylic acids is 1. The van der Waals surface area contributed by atoms with Gasteiger partial charge in [0.2, 0.25) is 5.91 Å². The number of carboxylic acids is 1. The second kappa shape index (κ2) is 6.70. The molecule has 104 valence electrons. The highest BCUT2D eigenvalue weighted by Gasteiger charge is 2.38. The highest BCUT2D eigenvalue weighted by molar-refractivity contribution is 5.83. The van der Waals surface area contributed by atoms with Crippen molar-refractivity contribution in [3.05, 3.63) is 0 Å². The maximum absolute atomic E-state index is 11.9. The van der Waals surface area contributed by atoms with Gasteiger partial charge in [-0.3, -0.25) is 9.59 Å². The third-order valence-corrected chi connectivity index (χ3v) is 3.41. The van der Waals surface area contributed by atoms with Gasteiger partial charge in [-0.1, -0.05) is 12.8 Å². The first-order valence-electron chi connectivity index (χ1n) is 6.27. The highest BCUT2D eigenvalue weighted by Crippen LogP contribution is 2.32. The predicted molar refractivity (Wildman–Crippen MR) is 66.1 cm³/mol. The van der Waals surface area contributed by atoms with Crippen LogP contribution >= 0.6 is 0 Å². The second-order valence-corrected chi connectivity index (χ2v) is 4.94. The van der Waals surface area contributed by atoms with Gasteiger partial charge in [-0.15, -0.1) is 0 Å². The summed E-state index contributed by atoms with van der Waals surface area (Å²) in [5.74, 6) is -1.17. The zero-order valence-electron chi connectivity index (χ0n) is 10.8. The van der Waals surface area contributed by atoms with Gasteiger partial charge in [0.15, 0.2) is 0 Å². The third-order valence-electron chi connectivity index (χ3n) is 3.41. The van der Waals surface area contributed by atoms with Crippen LogP contribution in [0.3, 0.4) is 0 Å². The predicted octanol–water partition coefficient (Wildman–Crippen LogP) is 0.254. The summed E-state index contributed by atoms with van der Waals surface area (Å²) >= 11 is 0. The minimum absolute atomic E-state index is 0.0320. The summed E-state index contributed by atoms with van der Waals surface area (Å²) in [7, 11) is 1.55. The summed E-state index contributed by atoms with van der Waals surface area (Å²) in [6.07, 6.45) is 3.72. The monoisotopic (exact) mass is 258 g/mol. The Hall–Kier alpha value is -1.14. The number of methoxy groups -OCH3 is 1. The largest absolute Gasteiger partial charge is 0.481 e. The number of carbonyl (C=O) groups excluding carboxylic acids is 1. The van der Waals surface area contributed by atoms with Crippen LogP contribution in [0.1, 0.15) is 38.5 Å². The van der Waals surface area contributed by atoms with Crippen molar-refractivity contribution in [2.45, 2.75) is 50.1 Å². The molecule has 18 heavy (non-hydrogen) atoms. The standard InChI is InChI=1S/C12H22N2O4/c1-18-7-4-9(13)11(17)14-12(8-10(15)16)5-2-3-6-12/h9H,2-8,13H2,1H3,(H,14,17)(H,15,16). The zero-order valence-corrected chi connectivity index (χ0v) is 10.8. The van der Waals surface area contributed by atoms with Crippen molar-refractivity contribution < 1.29 is 19.4 Å². The third kappa shape index (κ3) is 4.27. The van der Waals surface area contributed by atoms with Gasteiger partial charge in [0.25, 0.3) is 0 Å². The molecule has 1 amide bonds. The molecular formula is C12H22N2O4. The van der Waals surface area contributed by atoms with Crippen LogP contribution in [0.25, 0.3) is 0 Å². The Morgan fingerprint density at radius 2 is 2.06 bits per heavy atom. The average Bonchev–Trinajstić information content (AvgIpc) is 2.72. The first-order chi connectivity index (χ1) is 8.49. The average molecular weight is 258 g/mol. The molecule has 1 unspecified atom stereocenters. The van der Waals surface area contributed by atoms with Gasteiger partial charge >= 0.3 is 5.97 Å². The van der Waals surface area contributed by atoms with E-state index in [1.807, 2.05) is 0 Å². The van der Waals surface area contributed by atoms with Gasteiger partial charge in [0.05, 0.1) is 18.0 Å². The van der Waals surface area contributed by atoms with Crippen LogP contribution in [0, 0.1) is 0 Å². The van der Waals surface area contributed by atoms with Crippen LogP contribution in [-0.2, 0) is 14.3 Å². The lowest BCUT2D eigenvalue weighted by Gasteiger charge is -2.30. The lowest BCUT2D eigenvalue weighted by molar-refractivity contribution is -0.139. The summed E-state index contributed by atoms with van der Waals surface area (Å²) in [6.45, 7) is 0.417. The van der Waals surface area contributed by atoms with E-state index in [2.05, 4.69) is 5.32 Å². The van der Waals surface area contributed by atoms with E-state index in [1.54, 1.807) is 7.11 Å². The van der Waals surface area contributed by atoms with Crippen LogP contribution in [0.4, 0.5) is 0 Å². The van der Waals surface area contributed by atoms with Crippen LogP contribution in [0.15, 0.2) is 0 Å². The molecule has 1 saturated carbocycles. The Balaban J connectivity index is 2.55. The van der Waals surface area contributed by atoms with Crippen molar-refractivity contribution in [2.24, 2.45) is 5.73 Å². The van der Waals surface area contributed by atoms with Crippen LogP contribution in [0.5, 0.6) is 0 Å². The fourth-order valence-electron chi connectivity index (χ4n) is 2.42. The molecule has 1 rings (SSSR count). The van der Waals surface area contributed by atoms with Gasteiger partial charge in [-0.05, 0) is 19.3 Å². The van der Waals surface area contributed by atoms with Crippen molar-refractivity contribution in [3.8, 4) is 0 Å². The number of hydrogen-bond acceptors (Lipinski definition) is 4. The van der Waals surface area contributed by atoms with E-state index in [9.17, 15) is 9.59 Å². The molecular weight excluding hydrogens is 236 g/mol. The summed E-state index contributed by atoms with van der Waals surface area (Å²) in [5, 5.41) is 11.8. The van der Waals surface area contributed by atoms with Crippen molar-refractivity contribution >= 4 is 11.9 Å². The minimum atomic E-state index is -0.886. The molecule has 6 nitrogen and oxygen atoms in total. The molecule has 0 bridgehead atoms. The lowest BCUT2D eigenvalue weighted by Crippen LogP contribution is -2.53. The molecule has 0 heterocycles. The molecule has 0 spiro atoms. The van der Waals surface area contributed by atoms with E-state index in [-0.39, 0.29) is 12.3 Å². The Labute approximate surface area is 107 Å². The summed E-state index contributed by atoms with van der Waals surface area (Å²) in [4.78, 5) is 22.8. The van der Waals surface area contributed by atoms with Gasteiger partial charge in [0, 0.05) is 13.7 Å². The molecule has 4 N–H and O–H groups in total. The number of rotatable bonds is 7. The Morgan fingerprint density at radius 3 is 2.56 bits per heavy atom. The number of ether oxygens (including phenoxy) is 1. The molecule has 1 aliphatic carbocycles. The quantitative estimate of drug-likeness (QED) is 0.607. The Morgan fingerprint density at radius 1 is 1.44 bits per heavy atom. The Kier molecular flexibility index (Phi) is 5.55. The van der Waals surface area contributed by atoms with Gasteiger partial charge in [-0.25, -0.2) is 0 Å². The minimum Gasteiger partial charge on any atom is -0.481 e. The number of amides is 1. The van der Waals surface area contributed by atoms with Gasteiger partial charge in [-0.2, -0.15) is 0 Å². The SMILES string of the molecule is COCCC(N)C(=O)NC1(CC(=O)O)CCCC1. The number of nitrogens with two attached hydrogens (primary N) is 1. The number of hydrogen-bond donors (Lipinski definition) is 3. The highest BCUT2D eigenvalue weighted by atomic mass is 16.5. The molecule has 0 aliphatic heterocycles. The maximum atomic E-state index is 11.9. The second-order valence-electron chi connectivity index (χ2n) is 4.94.